The Hall–Kier alpha value is -1.02. The van der Waals surface area contributed by atoms with Crippen LogP contribution in [0.25, 0.3) is 0 Å². The molecule has 0 bridgehead atoms. The molecule has 0 fully saturated rings. The van der Waals surface area contributed by atoms with Gasteiger partial charge >= 0.3 is 0 Å². The van der Waals surface area contributed by atoms with Crippen molar-refractivity contribution in [2.24, 2.45) is 0 Å². The molecular weight excluding hydrogens is 430 g/mol. The van der Waals surface area contributed by atoms with Crippen molar-refractivity contribution in [3.05, 3.63) is 56.5 Å². The van der Waals surface area contributed by atoms with Gasteiger partial charge in [0.25, 0.3) is 0 Å². The Bertz CT molecular complexity index is 720. The predicted octanol–water partition coefficient (Wildman–Crippen LogP) is 5.49. The van der Waals surface area contributed by atoms with Crippen LogP contribution in [-0.4, -0.2) is 10.2 Å². The zero-order valence-corrected chi connectivity index (χ0v) is 16.4. The van der Waals surface area contributed by atoms with Crippen molar-refractivity contribution in [3.63, 3.8) is 0 Å². The summed E-state index contributed by atoms with van der Waals surface area (Å²) in [5.41, 5.74) is 6.86. The van der Waals surface area contributed by atoms with Gasteiger partial charge in [-0.25, -0.2) is 0 Å². The molecule has 10 heteroatoms. The molecule has 0 atom stereocenters. The minimum atomic E-state index is 0.298. The Morgan fingerprint density at radius 2 is 1.00 bits per heavy atom. The van der Waals surface area contributed by atoms with Gasteiger partial charge in [-0.05, 0) is 60.8 Å². The van der Waals surface area contributed by atoms with E-state index >= 15 is 0 Å². The monoisotopic (exact) mass is 438 g/mol. The van der Waals surface area contributed by atoms with Gasteiger partial charge in [-0.2, -0.15) is 0 Å². The van der Waals surface area contributed by atoms with E-state index < -0.39 is 0 Å². The van der Waals surface area contributed by atoms with Gasteiger partial charge in [-0.3, -0.25) is 10.9 Å². The highest BCUT2D eigenvalue weighted by Gasteiger charge is 2.04. The minimum absolute atomic E-state index is 0.298. The van der Waals surface area contributed by atoms with Crippen molar-refractivity contribution >= 4 is 92.4 Å². The van der Waals surface area contributed by atoms with Crippen LogP contribution in [0, 0.1) is 0 Å². The number of anilines is 2. The molecule has 0 aliphatic carbocycles. The lowest BCUT2D eigenvalue weighted by Gasteiger charge is -2.14. The van der Waals surface area contributed by atoms with Crippen LogP contribution >= 0.6 is 70.8 Å². The van der Waals surface area contributed by atoms with Crippen LogP contribution in [0.15, 0.2) is 36.4 Å². The summed E-state index contributed by atoms with van der Waals surface area (Å²) < 4.78 is 0. The number of rotatable bonds is 2. The summed E-state index contributed by atoms with van der Waals surface area (Å²) in [5, 5.41) is 8.24. The van der Waals surface area contributed by atoms with Crippen LogP contribution in [0.3, 0.4) is 0 Å². The standard InChI is InChI=1S/C14H10Cl4N4S2/c15-9-3-1-7(5-11(9)17)19-13(23)21-22-14(24)20-8-2-4-10(16)12(18)6-8/h1-6H,(H2,19,21,23)(H2,20,22,24). The largest absolute Gasteiger partial charge is 0.331 e. The van der Waals surface area contributed by atoms with Gasteiger partial charge in [0.15, 0.2) is 10.2 Å². The van der Waals surface area contributed by atoms with Crippen molar-refractivity contribution in [1.29, 1.82) is 0 Å². The summed E-state index contributed by atoms with van der Waals surface area (Å²) in [7, 11) is 0. The fourth-order valence-electron chi connectivity index (χ4n) is 1.59. The molecule has 0 aliphatic heterocycles. The second-order valence-electron chi connectivity index (χ2n) is 4.42. The first kappa shape index (κ1) is 19.3. The Morgan fingerprint density at radius 1 is 0.625 bits per heavy atom. The van der Waals surface area contributed by atoms with Crippen molar-refractivity contribution in [2.75, 3.05) is 10.6 Å². The van der Waals surface area contributed by atoms with Crippen molar-refractivity contribution in [2.45, 2.75) is 0 Å². The maximum Gasteiger partial charge on any atom is 0.189 e. The lowest BCUT2D eigenvalue weighted by Crippen LogP contribution is -2.45. The number of hydrogen-bond acceptors (Lipinski definition) is 2. The van der Waals surface area contributed by atoms with Crippen LogP contribution in [0.4, 0.5) is 11.4 Å². The molecule has 0 saturated carbocycles. The molecule has 4 nitrogen and oxygen atoms in total. The summed E-state index contributed by atoms with van der Waals surface area (Å²) in [5.74, 6) is 0. The molecule has 0 aliphatic rings. The number of halogens is 4. The lowest BCUT2D eigenvalue weighted by atomic mass is 10.3. The van der Waals surface area contributed by atoms with E-state index in [0.717, 1.165) is 0 Å². The summed E-state index contributed by atoms with van der Waals surface area (Å²) in [6.07, 6.45) is 0. The first-order valence-corrected chi connectivity index (χ1v) is 8.72. The third-order valence-electron chi connectivity index (χ3n) is 2.64. The van der Waals surface area contributed by atoms with E-state index in [4.69, 9.17) is 70.8 Å². The van der Waals surface area contributed by atoms with Gasteiger partial charge in [0, 0.05) is 11.4 Å². The Morgan fingerprint density at radius 3 is 1.33 bits per heavy atom. The Labute approximate surface area is 169 Å². The molecule has 0 saturated heterocycles. The summed E-state index contributed by atoms with van der Waals surface area (Å²) in [6.45, 7) is 0. The smallest absolute Gasteiger partial charge is 0.189 e. The van der Waals surface area contributed by atoms with E-state index in [2.05, 4.69) is 21.5 Å². The summed E-state index contributed by atoms with van der Waals surface area (Å²) in [6, 6.07) is 10.1. The quantitative estimate of drug-likeness (QED) is 0.366. The third-order valence-corrected chi connectivity index (χ3v) is 4.53. The number of hydrogen-bond donors (Lipinski definition) is 4. The fraction of sp³-hybridized carbons (Fsp3) is 0. The summed E-state index contributed by atoms with van der Waals surface area (Å²) in [4.78, 5) is 0. The molecule has 0 unspecified atom stereocenters. The van der Waals surface area contributed by atoms with Crippen LogP contribution in [-0.2, 0) is 0 Å². The highest BCUT2D eigenvalue weighted by Crippen LogP contribution is 2.25. The summed E-state index contributed by atoms with van der Waals surface area (Å²) >= 11 is 33.9. The second kappa shape index (κ2) is 8.89. The van der Waals surface area contributed by atoms with Gasteiger partial charge in [0.05, 0.1) is 20.1 Å². The van der Waals surface area contributed by atoms with Gasteiger partial charge in [-0.1, -0.05) is 46.4 Å². The molecule has 2 aromatic rings. The topological polar surface area (TPSA) is 48.1 Å². The normalized spacial score (nSPS) is 10.0. The molecule has 0 radical (unpaired) electrons. The molecule has 0 aromatic heterocycles. The first-order chi connectivity index (χ1) is 11.3. The molecule has 0 heterocycles. The average molecular weight is 440 g/mol. The molecule has 0 spiro atoms. The highest BCUT2D eigenvalue weighted by atomic mass is 35.5. The third kappa shape index (κ3) is 5.81. The van der Waals surface area contributed by atoms with Crippen molar-refractivity contribution in [3.8, 4) is 0 Å². The van der Waals surface area contributed by atoms with E-state index in [0.29, 0.717) is 41.7 Å². The van der Waals surface area contributed by atoms with Crippen LogP contribution in [0.2, 0.25) is 20.1 Å². The van der Waals surface area contributed by atoms with E-state index in [1.165, 1.54) is 0 Å². The lowest BCUT2D eigenvalue weighted by molar-refractivity contribution is 0.885. The Kier molecular flexibility index (Phi) is 7.16. The van der Waals surface area contributed by atoms with E-state index in [1.807, 2.05) is 0 Å². The zero-order chi connectivity index (χ0) is 17.7. The van der Waals surface area contributed by atoms with E-state index in [-0.39, 0.29) is 0 Å². The van der Waals surface area contributed by atoms with E-state index in [9.17, 15) is 0 Å². The SMILES string of the molecule is S=C(NNC(=S)Nc1ccc(Cl)c(Cl)c1)Nc1ccc(Cl)c(Cl)c1. The molecule has 0 amide bonds. The van der Waals surface area contributed by atoms with Crippen LogP contribution in [0.5, 0.6) is 0 Å². The maximum atomic E-state index is 5.94. The number of nitrogens with one attached hydrogen (secondary N) is 4. The van der Waals surface area contributed by atoms with Gasteiger partial charge < -0.3 is 10.6 Å². The highest BCUT2D eigenvalue weighted by molar-refractivity contribution is 7.81. The predicted molar refractivity (Wildman–Crippen MR) is 112 cm³/mol. The van der Waals surface area contributed by atoms with Crippen molar-refractivity contribution < 1.29 is 0 Å². The first-order valence-electron chi connectivity index (χ1n) is 6.39. The van der Waals surface area contributed by atoms with Crippen LogP contribution in [0.1, 0.15) is 0 Å². The molecule has 4 N–H and O–H groups in total. The average Bonchev–Trinajstić information content (AvgIpc) is 2.53. The zero-order valence-electron chi connectivity index (χ0n) is 11.8. The molecular formula is C14H10Cl4N4S2. The minimum Gasteiger partial charge on any atom is -0.331 e. The number of thiocarbonyl (C=S) groups is 2. The maximum absolute atomic E-state index is 5.94. The van der Waals surface area contributed by atoms with E-state index in [1.54, 1.807) is 36.4 Å². The fourth-order valence-corrected chi connectivity index (χ4v) is 2.52. The number of hydrazine groups is 1. The molecule has 126 valence electrons. The van der Waals surface area contributed by atoms with Gasteiger partial charge in [0.1, 0.15) is 0 Å². The molecule has 24 heavy (non-hydrogen) atoms. The molecule has 2 rings (SSSR count). The van der Waals surface area contributed by atoms with Crippen LogP contribution < -0.4 is 21.5 Å². The van der Waals surface area contributed by atoms with Gasteiger partial charge in [0.2, 0.25) is 0 Å². The number of benzene rings is 2. The Balaban J connectivity index is 1.83. The molecule has 2 aromatic carbocycles. The van der Waals surface area contributed by atoms with Gasteiger partial charge in [-0.15, -0.1) is 0 Å². The van der Waals surface area contributed by atoms with Crippen molar-refractivity contribution in [1.82, 2.24) is 10.9 Å². The second-order valence-corrected chi connectivity index (χ2v) is 6.86.